The zero-order valence-electron chi connectivity index (χ0n) is 5.93. The monoisotopic (exact) mass is 166 g/mol. The fraction of sp³-hybridized carbons (Fsp3) is 0.833. The van der Waals surface area contributed by atoms with Crippen LogP contribution in [0.5, 0.6) is 0 Å². The third-order valence-electron chi connectivity index (χ3n) is 0.844. The van der Waals surface area contributed by atoms with Crippen LogP contribution >= 0.6 is 11.6 Å². The van der Waals surface area contributed by atoms with Gasteiger partial charge in [-0.2, -0.15) is 0 Å². The van der Waals surface area contributed by atoms with Gasteiger partial charge in [0.2, 0.25) is 0 Å². The Bertz CT molecular complexity index is 95.0. The van der Waals surface area contributed by atoms with E-state index in [1.165, 1.54) is 0 Å². The SMILES string of the molecule is COCCOCC(=O)CCl. The van der Waals surface area contributed by atoms with Gasteiger partial charge in [0.1, 0.15) is 6.61 Å². The molecule has 10 heavy (non-hydrogen) atoms. The van der Waals surface area contributed by atoms with Crippen molar-refractivity contribution in [1.82, 2.24) is 0 Å². The minimum Gasteiger partial charge on any atom is -0.382 e. The van der Waals surface area contributed by atoms with Gasteiger partial charge >= 0.3 is 0 Å². The van der Waals surface area contributed by atoms with Gasteiger partial charge in [0.15, 0.2) is 5.78 Å². The van der Waals surface area contributed by atoms with E-state index >= 15 is 0 Å². The van der Waals surface area contributed by atoms with Crippen LogP contribution < -0.4 is 0 Å². The smallest absolute Gasteiger partial charge is 0.173 e. The Balaban J connectivity index is 2.96. The van der Waals surface area contributed by atoms with Gasteiger partial charge in [0, 0.05) is 7.11 Å². The molecule has 0 aliphatic heterocycles. The summed E-state index contributed by atoms with van der Waals surface area (Å²) in [7, 11) is 1.58. The lowest BCUT2D eigenvalue weighted by molar-refractivity contribution is -0.121. The third-order valence-corrected chi connectivity index (χ3v) is 1.14. The van der Waals surface area contributed by atoms with E-state index < -0.39 is 0 Å². The van der Waals surface area contributed by atoms with Gasteiger partial charge < -0.3 is 9.47 Å². The zero-order chi connectivity index (χ0) is 7.82. The molecule has 0 N–H and O–H groups in total. The maximum absolute atomic E-state index is 10.5. The number of methoxy groups -OCH3 is 1. The first-order valence-corrected chi connectivity index (χ1v) is 3.49. The number of ether oxygens (including phenoxy) is 2. The van der Waals surface area contributed by atoms with E-state index in [1.807, 2.05) is 0 Å². The molecule has 0 bridgehead atoms. The summed E-state index contributed by atoms with van der Waals surface area (Å²) in [5.41, 5.74) is 0. The normalized spacial score (nSPS) is 9.80. The van der Waals surface area contributed by atoms with E-state index in [1.54, 1.807) is 7.11 Å². The molecular weight excluding hydrogens is 156 g/mol. The van der Waals surface area contributed by atoms with Crippen molar-refractivity contribution in [2.24, 2.45) is 0 Å². The minimum atomic E-state index is -0.0993. The number of Topliss-reactive ketones (excluding diaryl/α,β-unsaturated/α-hetero) is 1. The zero-order valence-corrected chi connectivity index (χ0v) is 6.69. The number of carbonyl (C=O) groups is 1. The molecule has 0 rings (SSSR count). The molecule has 0 heterocycles. The molecule has 0 fully saturated rings. The second kappa shape index (κ2) is 6.99. The molecule has 0 aromatic rings. The summed E-state index contributed by atoms with van der Waals surface area (Å²) in [5.74, 6) is -0.0785. The third kappa shape index (κ3) is 6.01. The van der Waals surface area contributed by atoms with E-state index in [-0.39, 0.29) is 18.3 Å². The molecule has 3 nitrogen and oxygen atoms in total. The Morgan fingerprint density at radius 3 is 2.70 bits per heavy atom. The largest absolute Gasteiger partial charge is 0.382 e. The molecule has 0 aliphatic rings. The maximum Gasteiger partial charge on any atom is 0.173 e. The van der Waals surface area contributed by atoms with Crippen molar-refractivity contribution < 1.29 is 14.3 Å². The van der Waals surface area contributed by atoms with Crippen LogP contribution in [-0.4, -0.2) is 38.6 Å². The first-order valence-electron chi connectivity index (χ1n) is 2.95. The van der Waals surface area contributed by atoms with Crippen LogP contribution in [0.15, 0.2) is 0 Å². The molecule has 0 radical (unpaired) electrons. The van der Waals surface area contributed by atoms with Gasteiger partial charge in [-0.15, -0.1) is 11.6 Å². The van der Waals surface area contributed by atoms with Gasteiger partial charge in [-0.05, 0) is 0 Å². The summed E-state index contributed by atoms with van der Waals surface area (Å²) in [6.45, 7) is 1.04. The highest BCUT2D eigenvalue weighted by Crippen LogP contribution is 1.81. The summed E-state index contributed by atoms with van der Waals surface area (Å²) in [6, 6.07) is 0. The number of rotatable bonds is 6. The molecule has 0 aliphatic carbocycles. The predicted molar refractivity (Wildman–Crippen MR) is 38.4 cm³/mol. The van der Waals surface area contributed by atoms with Gasteiger partial charge in [-0.25, -0.2) is 0 Å². The van der Waals surface area contributed by atoms with Gasteiger partial charge in [0.25, 0.3) is 0 Å². The highest BCUT2D eigenvalue weighted by Gasteiger charge is 1.97. The van der Waals surface area contributed by atoms with E-state index in [9.17, 15) is 4.79 Å². The summed E-state index contributed by atoms with van der Waals surface area (Å²) < 4.78 is 9.56. The molecule has 0 saturated heterocycles. The first-order chi connectivity index (χ1) is 4.81. The van der Waals surface area contributed by atoms with Gasteiger partial charge in [0.05, 0.1) is 19.1 Å². The van der Waals surface area contributed by atoms with Crippen molar-refractivity contribution in [3.8, 4) is 0 Å². The van der Waals surface area contributed by atoms with Crippen molar-refractivity contribution in [3.63, 3.8) is 0 Å². The van der Waals surface area contributed by atoms with E-state index in [4.69, 9.17) is 16.3 Å². The van der Waals surface area contributed by atoms with Crippen LogP contribution in [0.25, 0.3) is 0 Å². The van der Waals surface area contributed by atoms with Crippen molar-refractivity contribution in [2.45, 2.75) is 0 Å². The number of halogens is 1. The lowest BCUT2D eigenvalue weighted by Gasteiger charge is -1.99. The Morgan fingerprint density at radius 2 is 2.20 bits per heavy atom. The molecule has 0 saturated carbocycles. The minimum absolute atomic E-state index is 0.0208. The lowest BCUT2D eigenvalue weighted by Crippen LogP contribution is -2.12. The molecule has 4 heteroatoms. The molecule has 0 unspecified atom stereocenters. The Kier molecular flexibility index (Phi) is 6.91. The molecular formula is C6H11ClO3. The maximum atomic E-state index is 10.5. The fourth-order valence-electron chi connectivity index (χ4n) is 0.367. The van der Waals surface area contributed by atoms with E-state index in [0.717, 1.165) is 0 Å². The topological polar surface area (TPSA) is 35.5 Å². The molecule has 60 valence electrons. The number of alkyl halides is 1. The van der Waals surface area contributed by atoms with Crippen LogP contribution in [0.1, 0.15) is 0 Å². The van der Waals surface area contributed by atoms with Crippen molar-refractivity contribution >= 4 is 17.4 Å². The fourth-order valence-corrected chi connectivity index (χ4v) is 0.444. The van der Waals surface area contributed by atoms with Crippen LogP contribution in [0.3, 0.4) is 0 Å². The van der Waals surface area contributed by atoms with Crippen LogP contribution in [0.4, 0.5) is 0 Å². The molecule has 0 aromatic heterocycles. The van der Waals surface area contributed by atoms with Crippen molar-refractivity contribution in [3.05, 3.63) is 0 Å². The molecule has 0 aromatic carbocycles. The average molecular weight is 167 g/mol. The van der Waals surface area contributed by atoms with Crippen LogP contribution in [0.2, 0.25) is 0 Å². The quantitative estimate of drug-likeness (QED) is 0.425. The highest BCUT2D eigenvalue weighted by atomic mass is 35.5. The summed E-state index contributed by atoms with van der Waals surface area (Å²) in [5, 5.41) is 0. The lowest BCUT2D eigenvalue weighted by atomic mass is 10.5. The number of hydrogen-bond acceptors (Lipinski definition) is 3. The van der Waals surface area contributed by atoms with Crippen LogP contribution in [0, 0.1) is 0 Å². The summed E-state index contributed by atoms with van der Waals surface area (Å²) >= 11 is 5.20. The summed E-state index contributed by atoms with van der Waals surface area (Å²) in [6.07, 6.45) is 0. The van der Waals surface area contributed by atoms with Gasteiger partial charge in [-0.1, -0.05) is 0 Å². The Labute approximate surface area is 65.3 Å². The van der Waals surface area contributed by atoms with E-state index in [2.05, 4.69) is 4.74 Å². The number of ketones is 1. The average Bonchev–Trinajstić information content (AvgIpc) is 1.98. The number of hydrogen-bond donors (Lipinski definition) is 0. The Hall–Kier alpha value is -0.120. The summed E-state index contributed by atoms with van der Waals surface area (Å²) in [4.78, 5) is 10.5. The number of carbonyl (C=O) groups excluding carboxylic acids is 1. The standard InChI is InChI=1S/C6H11ClO3/c1-9-2-3-10-5-6(8)4-7/h2-5H2,1H3. The highest BCUT2D eigenvalue weighted by molar-refractivity contribution is 6.27. The van der Waals surface area contributed by atoms with Gasteiger partial charge in [-0.3, -0.25) is 4.79 Å². The Morgan fingerprint density at radius 1 is 1.50 bits per heavy atom. The molecule has 0 amide bonds. The van der Waals surface area contributed by atoms with Crippen LogP contribution in [-0.2, 0) is 14.3 Å². The van der Waals surface area contributed by atoms with E-state index in [0.29, 0.717) is 13.2 Å². The molecule has 0 atom stereocenters. The van der Waals surface area contributed by atoms with Crippen molar-refractivity contribution in [2.75, 3.05) is 32.8 Å². The first kappa shape index (κ1) is 9.88. The second-order valence-corrected chi connectivity index (χ2v) is 1.98. The molecule has 0 spiro atoms. The predicted octanol–water partition coefficient (Wildman–Crippen LogP) is 0.457. The second-order valence-electron chi connectivity index (χ2n) is 1.72. The van der Waals surface area contributed by atoms with Crippen molar-refractivity contribution in [1.29, 1.82) is 0 Å².